The molecule has 0 aromatic heterocycles. The molecule has 2 unspecified atom stereocenters. The van der Waals surface area contributed by atoms with Gasteiger partial charge in [-0.15, -0.1) is 0 Å². The Kier molecular flexibility index (Phi) is 4.44. The van der Waals surface area contributed by atoms with Crippen molar-refractivity contribution in [2.24, 2.45) is 11.7 Å². The van der Waals surface area contributed by atoms with Gasteiger partial charge in [0.1, 0.15) is 5.82 Å². The number of aryl methyl sites for hydroxylation is 1. The summed E-state index contributed by atoms with van der Waals surface area (Å²) in [6, 6.07) is 5.53. The second-order valence-electron chi connectivity index (χ2n) is 4.63. The van der Waals surface area contributed by atoms with E-state index in [4.69, 9.17) is 5.73 Å². The summed E-state index contributed by atoms with van der Waals surface area (Å²) in [5.41, 5.74) is 7.53. The number of hydrogen-bond acceptors (Lipinski definition) is 2. The molecule has 0 amide bonds. The van der Waals surface area contributed by atoms with Gasteiger partial charge in [0.15, 0.2) is 0 Å². The summed E-state index contributed by atoms with van der Waals surface area (Å²) in [7, 11) is 4.05. The molecule has 0 spiro atoms. The van der Waals surface area contributed by atoms with Crippen molar-refractivity contribution in [1.29, 1.82) is 0 Å². The largest absolute Gasteiger partial charge is 0.330 e. The van der Waals surface area contributed by atoms with Gasteiger partial charge in [0, 0.05) is 6.04 Å². The van der Waals surface area contributed by atoms with Gasteiger partial charge >= 0.3 is 0 Å². The molecule has 0 heterocycles. The minimum absolute atomic E-state index is 0.151. The van der Waals surface area contributed by atoms with Crippen molar-refractivity contribution in [2.45, 2.75) is 19.9 Å². The third-order valence-electron chi connectivity index (χ3n) is 2.99. The number of nitrogens with two attached hydrogens (primary N) is 1. The summed E-state index contributed by atoms with van der Waals surface area (Å²) in [5, 5.41) is 0. The Bertz CT molecular complexity index is 350. The number of hydrogen-bond donors (Lipinski definition) is 1. The summed E-state index contributed by atoms with van der Waals surface area (Å²) < 4.78 is 13.2. The zero-order valence-corrected chi connectivity index (χ0v) is 10.5. The van der Waals surface area contributed by atoms with E-state index in [0.717, 1.165) is 5.56 Å². The van der Waals surface area contributed by atoms with Crippen molar-refractivity contribution >= 4 is 0 Å². The molecule has 2 atom stereocenters. The zero-order valence-electron chi connectivity index (χ0n) is 10.5. The quantitative estimate of drug-likeness (QED) is 0.850. The molecule has 3 heteroatoms. The fourth-order valence-electron chi connectivity index (χ4n) is 2.12. The van der Waals surface area contributed by atoms with E-state index in [1.54, 1.807) is 6.92 Å². The highest BCUT2D eigenvalue weighted by Crippen LogP contribution is 2.27. The van der Waals surface area contributed by atoms with Gasteiger partial charge in [0.25, 0.3) is 0 Å². The fraction of sp³-hybridized carbons (Fsp3) is 0.538. The molecule has 0 saturated carbocycles. The van der Waals surface area contributed by atoms with Crippen molar-refractivity contribution in [3.8, 4) is 0 Å². The maximum Gasteiger partial charge on any atom is 0.126 e. The van der Waals surface area contributed by atoms with E-state index in [1.165, 1.54) is 6.07 Å². The first-order valence-electron chi connectivity index (χ1n) is 5.60. The van der Waals surface area contributed by atoms with E-state index in [-0.39, 0.29) is 11.9 Å². The molecule has 0 aliphatic rings. The first-order valence-corrected chi connectivity index (χ1v) is 5.60. The molecule has 0 saturated heterocycles. The Morgan fingerprint density at radius 3 is 2.44 bits per heavy atom. The third kappa shape index (κ3) is 2.80. The van der Waals surface area contributed by atoms with Crippen LogP contribution in [0.5, 0.6) is 0 Å². The molecule has 2 N–H and O–H groups in total. The van der Waals surface area contributed by atoms with Crippen molar-refractivity contribution in [1.82, 2.24) is 4.90 Å². The van der Waals surface area contributed by atoms with E-state index in [1.807, 2.05) is 26.2 Å². The van der Waals surface area contributed by atoms with Crippen LogP contribution in [0.4, 0.5) is 4.39 Å². The molecule has 0 aliphatic heterocycles. The summed E-state index contributed by atoms with van der Waals surface area (Å²) in [4.78, 5) is 2.13. The van der Waals surface area contributed by atoms with Crippen molar-refractivity contribution in [3.05, 3.63) is 35.1 Å². The number of halogens is 1. The van der Waals surface area contributed by atoms with Crippen molar-refractivity contribution in [3.63, 3.8) is 0 Å². The molecule has 2 nitrogen and oxygen atoms in total. The molecular formula is C13H21FN2. The van der Waals surface area contributed by atoms with Gasteiger partial charge < -0.3 is 10.6 Å². The third-order valence-corrected chi connectivity index (χ3v) is 2.99. The predicted octanol–water partition coefficient (Wildman–Crippen LogP) is 2.33. The van der Waals surface area contributed by atoms with Gasteiger partial charge in [-0.05, 0) is 50.7 Å². The maximum atomic E-state index is 13.2. The van der Waals surface area contributed by atoms with Crippen LogP contribution in [0.15, 0.2) is 18.2 Å². The molecule has 0 radical (unpaired) electrons. The molecule has 1 rings (SSSR count). The Morgan fingerprint density at radius 2 is 2.00 bits per heavy atom. The van der Waals surface area contributed by atoms with E-state index >= 15 is 0 Å². The lowest BCUT2D eigenvalue weighted by atomic mass is 9.92. The van der Waals surface area contributed by atoms with Crippen LogP contribution in [-0.4, -0.2) is 25.5 Å². The number of rotatable bonds is 4. The molecule has 90 valence electrons. The van der Waals surface area contributed by atoms with Crippen LogP contribution in [0.1, 0.15) is 24.1 Å². The molecule has 0 bridgehead atoms. The summed E-state index contributed by atoms with van der Waals surface area (Å²) in [5.74, 6) is 0.196. The number of nitrogens with zero attached hydrogens (tertiary/aromatic N) is 1. The Balaban J connectivity index is 3.06. The standard InChI is InChI=1S/C13H21FN2/c1-9-7-11(5-6-12(9)14)13(16(3)4)10(2)8-15/h5-7,10,13H,8,15H2,1-4H3. The lowest BCUT2D eigenvalue weighted by Crippen LogP contribution is -2.30. The monoisotopic (exact) mass is 224 g/mol. The summed E-state index contributed by atoms with van der Waals surface area (Å²) in [6.45, 7) is 4.53. The van der Waals surface area contributed by atoms with E-state index in [0.29, 0.717) is 18.0 Å². The van der Waals surface area contributed by atoms with Gasteiger partial charge in [-0.3, -0.25) is 0 Å². The fourth-order valence-corrected chi connectivity index (χ4v) is 2.12. The van der Waals surface area contributed by atoms with Gasteiger partial charge in [-0.2, -0.15) is 0 Å². The maximum absolute atomic E-state index is 13.2. The Labute approximate surface area is 97.3 Å². The predicted molar refractivity (Wildman–Crippen MR) is 65.8 cm³/mol. The minimum Gasteiger partial charge on any atom is -0.330 e. The normalized spacial score (nSPS) is 15.2. The highest BCUT2D eigenvalue weighted by Gasteiger charge is 2.20. The highest BCUT2D eigenvalue weighted by atomic mass is 19.1. The second kappa shape index (κ2) is 5.41. The topological polar surface area (TPSA) is 29.3 Å². The van der Waals surface area contributed by atoms with Crippen molar-refractivity contribution in [2.75, 3.05) is 20.6 Å². The van der Waals surface area contributed by atoms with Crippen LogP contribution in [0, 0.1) is 18.7 Å². The molecule has 0 aliphatic carbocycles. The van der Waals surface area contributed by atoms with Gasteiger partial charge in [0.2, 0.25) is 0 Å². The van der Waals surface area contributed by atoms with Crippen LogP contribution < -0.4 is 5.73 Å². The van der Waals surface area contributed by atoms with Crippen LogP contribution in [0.3, 0.4) is 0 Å². The average molecular weight is 224 g/mol. The molecule has 1 aromatic carbocycles. The van der Waals surface area contributed by atoms with Crippen molar-refractivity contribution < 1.29 is 4.39 Å². The Morgan fingerprint density at radius 1 is 1.38 bits per heavy atom. The summed E-state index contributed by atoms with van der Waals surface area (Å²) in [6.07, 6.45) is 0. The first kappa shape index (κ1) is 13.1. The van der Waals surface area contributed by atoms with Crippen LogP contribution in [0.25, 0.3) is 0 Å². The average Bonchev–Trinajstić information content (AvgIpc) is 2.22. The molecule has 16 heavy (non-hydrogen) atoms. The highest BCUT2D eigenvalue weighted by molar-refractivity contribution is 5.27. The lowest BCUT2D eigenvalue weighted by molar-refractivity contribution is 0.227. The SMILES string of the molecule is Cc1cc(C(C(C)CN)N(C)C)ccc1F. The molecular weight excluding hydrogens is 203 g/mol. The van der Waals surface area contributed by atoms with E-state index in [9.17, 15) is 4.39 Å². The van der Waals surface area contributed by atoms with Crippen LogP contribution >= 0.6 is 0 Å². The number of benzene rings is 1. The van der Waals surface area contributed by atoms with Gasteiger partial charge in [-0.25, -0.2) is 4.39 Å². The van der Waals surface area contributed by atoms with Gasteiger partial charge in [-0.1, -0.05) is 19.1 Å². The van der Waals surface area contributed by atoms with E-state index in [2.05, 4.69) is 11.8 Å². The zero-order chi connectivity index (χ0) is 12.3. The molecule has 0 fully saturated rings. The minimum atomic E-state index is -0.151. The Hall–Kier alpha value is -0.930. The molecule has 1 aromatic rings. The van der Waals surface area contributed by atoms with Crippen LogP contribution in [0.2, 0.25) is 0 Å². The lowest BCUT2D eigenvalue weighted by Gasteiger charge is -2.30. The summed E-state index contributed by atoms with van der Waals surface area (Å²) >= 11 is 0. The van der Waals surface area contributed by atoms with Crippen LogP contribution in [-0.2, 0) is 0 Å². The second-order valence-corrected chi connectivity index (χ2v) is 4.63. The van der Waals surface area contributed by atoms with Gasteiger partial charge in [0.05, 0.1) is 0 Å². The first-order chi connectivity index (χ1) is 7.47. The smallest absolute Gasteiger partial charge is 0.126 e. The van der Waals surface area contributed by atoms with E-state index < -0.39 is 0 Å².